The number of aromatic nitrogens is 1. The maximum atomic E-state index is 12.4. The van der Waals surface area contributed by atoms with Crippen LogP contribution >= 0.6 is 11.3 Å². The summed E-state index contributed by atoms with van der Waals surface area (Å²) < 4.78 is 10.9. The number of carbonyl (C=O) groups is 1. The summed E-state index contributed by atoms with van der Waals surface area (Å²) >= 11 is 1.41. The van der Waals surface area contributed by atoms with E-state index in [-0.39, 0.29) is 12.3 Å². The summed E-state index contributed by atoms with van der Waals surface area (Å²) in [5.41, 5.74) is 3.77. The molecule has 0 saturated carbocycles. The number of thiazole rings is 1. The first-order chi connectivity index (χ1) is 13.6. The van der Waals surface area contributed by atoms with Crippen LogP contribution in [0.4, 0.5) is 5.13 Å². The van der Waals surface area contributed by atoms with E-state index < -0.39 is 0 Å². The molecule has 2 aromatic carbocycles. The van der Waals surface area contributed by atoms with Crippen LogP contribution in [0, 0.1) is 6.92 Å². The van der Waals surface area contributed by atoms with Crippen LogP contribution in [-0.2, 0) is 11.2 Å². The molecule has 0 spiro atoms. The molecule has 0 aliphatic heterocycles. The van der Waals surface area contributed by atoms with Crippen LogP contribution in [0.15, 0.2) is 47.8 Å². The lowest BCUT2D eigenvalue weighted by atomic mass is 10.1. The van der Waals surface area contributed by atoms with E-state index in [1.54, 1.807) is 7.11 Å². The van der Waals surface area contributed by atoms with Crippen molar-refractivity contribution in [3.05, 3.63) is 59.0 Å². The molecular weight excluding hydrogens is 372 g/mol. The highest BCUT2D eigenvalue weighted by Crippen LogP contribution is 2.27. The molecular formula is C22H24N2O3S. The van der Waals surface area contributed by atoms with Gasteiger partial charge in [0.25, 0.3) is 0 Å². The number of amides is 1. The van der Waals surface area contributed by atoms with E-state index in [0.29, 0.717) is 17.5 Å². The number of ether oxygens (including phenoxy) is 2. The Morgan fingerprint density at radius 1 is 1.18 bits per heavy atom. The van der Waals surface area contributed by atoms with Gasteiger partial charge in [0.2, 0.25) is 5.91 Å². The molecule has 0 bridgehead atoms. The second-order valence-corrected chi connectivity index (χ2v) is 7.31. The number of anilines is 1. The third kappa shape index (κ3) is 5.10. The molecule has 3 aromatic rings. The van der Waals surface area contributed by atoms with Crippen LogP contribution < -0.4 is 14.8 Å². The third-order valence-electron chi connectivity index (χ3n) is 4.16. The number of nitrogens with one attached hydrogen (secondary N) is 1. The molecule has 6 heteroatoms. The molecule has 5 nitrogen and oxygen atoms in total. The van der Waals surface area contributed by atoms with E-state index in [2.05, 4.69) is 17.2 Å². The van der Waals surface area contributed by atoms with E-state index in [1.165, 1.54) is 11.3 Å². The number of rotatable bonds is 8. The molecule has 0 fully saturated rings. The van der Waals surface area contributed by atoms with Crippen LogP contribution in [0.2, 0.25) is 0 Å². The van der Waals surface area contributed by atoms with Crippen molar-refractivity contribution in [3.63, 3.8) is 0 Å². The van der Waals surface area contributed by atoms with Crippen LogP contribution in [0.3, 0.4) is 0 Å². The summed E-state index contributed by atoms with van der Waals surface area (Å²) in [5, 5.41) is 5.40. The first-order valence-electron chi connectivity index (χ1n) is 9.21. The Bertz CT molecular complexity index is 935. The first-order valence-corrected chi connectivity index (χ1v) is 10.1. The van der Waals surface area contributed by atoms with Gasteiger partial charge in [-0.15, -0.1) is 11.3 Å². The van der Waals surface area contributed by atoms with Crippen molar-refractivity contribution < 1.29 is 14.3 Å². The van der Waals surface area contributed by atoms with Gasteiger partial charge < -0.3 is 14.8 Å². The van der Waals surface area contributed by atoms with Gasteiger partial charge in [-0.05, 0) is 43.7 Å². The zero-order valence-electron chi connectivity index (χ0n) is 16.3. The van der Waals surface area contributed by atoms with Gasteiger partial charge in [0.1, 0.15) is 11.5 Å². The molecule has 0 atom stereocenters. The zero-order chi connectivity index (χ0) is 19.9. The summed E-state index contributed by atoms with van der Waals surface area (Å²) in [5.74, 6) is 1.44. The number of carbonyl (C=O) groups excluding carboxylic acids is 1. The van der Waals surface area contributed by atoms with Crippen LogP contribution in [0.1, 0.15) is 24.5 Å². The highest BCUT2D eigenvalue weighted by molar-refractivity contribution is 7.14. The highest BCUT2D eigenvalue weighted by atomic mass is 32.1. The van der Waals surface area contributed by atoms with Crippen molar-refractivity contribution in [2.24, 2.45) is 0 Å². The number of benzene rings is 2. The quantitative estimate of drug-likeness (QED) is 0.576. The van der Waals surface area contributed by atoms with Crippen molar-refractivity contribution in [2.75, 3.05) is 19.0 Å². The molecule has 1 N–H and O–H groups in total. The predicted octanol–water partition coefficient (Wildman–Crippen LogP) is 5.10. The Labute approximate surface area is 169 Å². The van der Waals surface area contributed by atoms with E-state index in [0.717, 1.165) is 34.6 Å². The number of hydrogen-bond acceptors (Lipinski definition) is 5. The minimum absolute atomic E-state index is 0.117. The number of nitrogens with zero attached hydrogens (tertiary/aromatic N) is 1. The fraction of sp³-hybridized carbons (Fsp3) is 0.273. The average molecular weight is 397 g/mol. The topological polar surface area (TPSA) is 60.5 Å². The van der Waals surface area contributed by atoms with Gasteiger partial charge in [0, 0.05) is 16.5 Å². The fourth-order valence-electron chi connectivity index (χ4n) is 2.79. The van der Waals surface area contributed by atoms with Gasteiger partial charge >= 0.3 is 0 Å². The summed E-state index contributed by atoms with van der Waals surface area (Å²) in [6.07, 6.45) is 1.22. The van der Waals surface area contributed by atoms with Crippen molar-refractivity contribution in [1.29, 1.82) is 0 Å². The molecule has 1 heterocycles. The minimum atomic E-state index is -0.117. The lowest BCUT2D eigenvalue weighted by Crippen LogP contribution is -2.14. The zero-order valence-corrected chi connectivity index (χ0v) is 17.1. The van der Waals surface area contributed by atoms with Gasteiger partial charge in [0.05, 0.1) is 25.8 Å². The minimum Gasteiger partial charge on any atom is -0.496 e. The Kier molecular flexibility index (Phi) is 6.66. The SMILES string of the molecule is CCCOc1ccc(-c2csc(NC(=O)Cc3cc(C)ccc3OC)n2)cc1. The molecule has 1 amide bonds. The van der Waals surface area contributed by atoms with Crippen molar-refractivity contribution >= 4 is 22.4 Å². The Balaban J connectivity index is 1.64. The van der Waals surface area contributed by atoms with Crippen molar-refractivity contribution in [2.45, 2.75) is 26.7 Å². The molecule has 0 unspecified atom stereocenters. The molecule has 0 aliphatic rings. The maximum Gasteiger partial charge on any atom is 0.230 e. The van der Waals surface area contributed by atoms with Crippen LogP contribution in [0.5, 0.6) is 11.5 Å². The Morgan fingerprint density at radius 3 is 2.68 bits per heavy atom. The molecule has 146 valence electrons. The lowest BCUT2D eigenvalue weighted by molar-refractivity contribution is -0.115. The maximum absolute atomic E-state index is 12.4. The standard InChI is InChI=1S/C22H24N2O3S/c1-4-11-27-18-8-6-16(7-9-18)19-14-28-22(23-19)24-21(25)13-17-12-15(2)5-10-20(17)26-3/h5-10,12,14H,4,11,13H2,1-3H3,(H,23,24,25). The van der Waals surface area contributed by atoms with E-state index in [4.69, 9.17) is 9.47 Å². The van der Waals surface area contributed by atoms with Crippen molar-refractivity contribution in [1.82, 2.24) is 4.98 Å². The molecule has 3 rings (SSSR count). The summed E-state index contributed by atoms with van der Waals surface area (Å²) in [6, 6.07) is 13.6. The largest absolute Gasteiger partial charge is 0.496 e. The average Bonchev–Trinajstić information content (AvgIpc) is 3.15. The third-order valence-corrected chi connectivity index (χ3v) is 4.92. The monoisotopic (exact) mass is 396 g/mol. The van der Waals surface area contributed by atoms with E-state index in [9.17, 15) is 4.79 Å². The van der Waals surface area contributed by atoms with Crippen LogP contribution in [-0.4, -0.2) is 24.6 Å². The van der Waals surface area contributed by atoms with Gasteiger partial charge in [0.15, 0.2) is 5.13 Å². The lowest BCUT2D eigenvalue weighted by Gasteiger charge is -2.09. The number of aryl methyl sites for hydroxylation is 1. The second-order valence-electron chi connectivity index (χ2n) is 6.45. The molecule has 0 aliphatic carbocycles. The van der Waals surface area contributed by atoms with E-state index >= 15 is 0 Å². The van der Waals surface area contributed by atoms with Gasteiger partial charge in [-0.1, -0.05) is 24.6 Å². The predicted molar refractivity (Wildman–Crippen MR) is 113 cm³/mol. The molecule has 0 radical (unpaired) electrons. The molecule has 0 saturated heterocycles. The second kappa shape index (κ2) is 9.37. The number of hydrogen-bond donors (Lipinski definition) is 1. The van der Waals surface area contributed by atoms with Gasteiger partial charge in [-0.3, -0.25) is 4.79 Å². The summed E-state index contributed by atoms with van der Waals surface area (Å²) in [7, 11) is 1.61. The highest BCUT2D eigenvalue weighted by Gasteiger charge is 2.12. The summed E-state index contributed by atoms with van der Waals surface area (Å²) in [4.78, 5) is 17.0. The van der Waals surface area contributed by atoms with Crippen LogP contribution in [0.25, 0.3) is 11.3 Å². The normalized spacial score (nSPS) is 10.5. The molecule has 28 heavy (non-hydrogen) atoms. The van der Waals surface area contributed by atoms with Crippen molar-refractivity contribution in [3.8, 4) is 22.8 Å². The Hall–Kier alpha value is -2.86. The van der Waals surface area contributed by atoms with Gasteiger partial charge in [-0.2, -0.15) is 0 Å². The smallest absolute Gasteiger partial charge is 0.230 e. The van der Waals surface area contributed by atoms with E-state index in [1.807, 2.05) is 54.8 Å². The first kappa shape index (κ1) is 19.9. The fourth-order valence-corrected chi connectivity index (χ4v) is 3.52. The molecule has 1 aromatic heterocycles. The summed E-state index contributed by atoms with van der Waals surface area (Å²) in [6.45, 7) is 4.78. The Morgan fingerprint density at radius 2 is 1.96 bits per heavy atom. The van der Waals surface area contributed by atoms with Gasteiger partial charge in [-0.25, -0.2) is 4.98 Å². The number of methoxy groups -OCH3 is 1.